The van der Waals surface area contributed by atoms with E-state index < -0.39 is 0 Å². The average Bonchev–Trinajstić information content (AvgIpc) is 2.80. The Kier molecular flexibility index (Phi) is 3.74. The molecule has 1 aliphatic heterocycles. The summed E-state index contributed by atoms with van der Waals surface area (Å²) in [6.07, 6.45) is 1.31. The Hall–Kier alpha value is -1.59. The zero-order chi connectivity index (χ0) is 11.2. The fraction of sp³-hybridized carbons (Fsp3) is 0.364. The van der Waals surface area contributed by atoms with Crippen LogP contribution in [0.5, 0.6) is 5.75 Å². The number of hydrazone groups is 1. The number of benzene rings is 1. The summed E-state index contributed by atoms with van der Waals surface area (Å²) in [7, 11) is 0. The first-order valence-corrected chi connectivity index (χ1v) is 5.08. The summed E-state index contributed by atoms with van der Waals surface area (Å²) in [5.41, 5.74) is 0.897. The van der Waals surface area contributed by atoms with Gasteiger partial charge >= 0.3 is 0 Å². The molecule has 2 N–H and O–H groups in total. The van der Waals surface area contributed by atoms with Crippen LogP contribution in [-0.2, 0) is 9.47 Å². The fourth-order valence-corrected chi connectivity index (χ4v) is 1.44. The zero-order valence-electron chi connectivity index (χ0n) is 8.83. The van der Waals surface area contributed by atoms with Crippen LogP contribution in [-0.4, -0.2) is 32.3 Å². The van der Waals surface area contributed by atoms with E-state index in [4.69, 9.17) is 20.1 Å². The van der Waals surface area contributed by atoms with E-state index in [-0.39, 0.29) is 6.29 Å². The Morgan fingerprint density at radius 3 is 3.00 bits per heavy atom. The van der Waals surface area contributed by atoms with Crippen molar-refractivity contribution in [3.63, 3.8) is 0 Å². The molecule has 16 heavy (non-hydrogen) atoms. The van der Waals surface area contributed by atoms with E-state index in [0.717, 1.165) is 11.3 Å². The minimum Gasteiger partial charge on any atom is -0.488 e. The van der Waals surface area contributed by atoms with Crippen molar-refractivity contribution in [3.8, 4) is 5.75 Å². The molecule has 0 spiro atoms. The van der Waals surface area contributed by atoms with Crippen LogP contribution in [0.4, 0.5) is 0 Å². The molecule has 0 bridgehead atoms. The quantitative estimate of drug-likeness (QED) is 0.463. The van der Waals surface area contributed by atoms with Crippen molar-refractivity contribution in [3.05, 3.63) is 29.8 Å². The van der Waals surface area contributed by atoms with Crippen LogP contribution < -0.4 is 10.6 Å². The molecule has 0 aliphatic carbocycles. The summed E-state index contributed by atoms with van der Waals surface area (Å²) >= 11 is 0. The minimum absolute atomic E-state index is 0.258. The minimum atomic E-state index is -0.258. The molecule has 86 valence electrons. The molecule has 2 rings (SSSR count). The van der Waals surface area contributed by atoms with Crippen LogP contribution in [0, 0.1) is 0 Å². The van der Waals surface area contributed by atoms with E-state index in [1.807, 2.05) is 24.3 Å². The number of nitrogens with two attached hydrogens (primary N) is 1. The van der Waals surface area contributed by atoms with Crippen molar-refractivity contribution in [1.82, 2.24) is 0 Å². The second kappa shape index (κ2) is 5.48. The molecule has 0 aromatic heterocycles. The van der Waals surface area contributed by atoms with Crippen LogP contribution >= 0.6 is 0 Å². The van der Waals surface area contributed by atoms with Gasteiger partial charge < -0.3 is 20.1 Å². The molecule has 0 atom stereocenters. The molecule has 1 heterocycles. The van der Waals surface area contributed by atoms with E-state index in [0.29, 0.717) is 19.8 Å². The second-order valence-corrected chi connectivity index (χ2v) is 3.33. The molecule has 1 aromatic rings. The molecule has 0 unspecified atom stereocenters. The van der Waals surface area contributed by atoms with Crippen LogP contribution in [0.3, 0.4) is 0 Å². The first kappa shape index (κ1) is 10.9. The maximum absolute atomic E-state index is 5.52. The van der Waals surface area contributed by atoms with E-state index in [1.54, 1.807) is 6.21 Å². The molecule has 0 radical (unpaired) electrons. The molecule has 1 aromatic carbocycles. The summed E-state index contributed by atoms with van der Waals surface area (Å²) in [4.78, 5) is 0. The van der Waals surface area contributed by atoms with Crippen molar-refractivity contribution in [2.24, 2.45) is 10.9 Å². The van der Waals surface area contributed by atoms with Crippen LogP contribution in [0.25, 0.3) is 0 Å². The van der Waals surface area contributed by atoms with Gasteiger partial charge in [-0.1, -0.05) is 12.1 Å². The third-order valence-corrected chi connectivity index (χ3v) is 2.16. The predicted molar refractivity (Wildman–Crippen MR) is 59.4 cm³/mol. The highest BCUT2D eigenvalue weighted by Crippen LogP contribution is 2.13. The third-order valence-electron chi connectivity index (χ3n) is 2.16. The highest BCUT2D eigenvalue weighted by Gasteiger charge is 2.16. The van der Waals surface area contributed by atoms with E-state index >= 15 is 0 Å². The maximum atomic E-state index is 5.52. The Morgan fingerprint density at radius 1 is 1.44 bits per heavy atom. The van der Waals surface area contributed by atoms with Crippen LogP contribution in [0.2, 0.25) is 0 Å². The molecule has 1 saturated heterocycles. The first-order valence-electron chi connectivity index (χ1n) is 5.08. The van der Waals surface area contributed by atoms with Gasteiger partial charge in [0.15, 0.2) is 6.29 Å². The fourth-order valence-electron chi connectivity index (χ4n) is 1.44. The lowest BCUT2D eigenvalue weighted by atomic mass is 10.2. The lowest BCUT2D eigenvalue weighted by molar-refractivity contribution is -0.0684. The van der Waals surface area contributed by atoms with E-state index in [9.17, 15) is 0 Å². The van der Waals surface area contributed by atoms with Gasteiger partial charge in [0.05, 0.1) is 19.4 Å². The van der Waals surface area contributed by atoms with Gasteiger partial charge in [0.1, 0.15) is 12.4 Å². The normalized spacial score (nSPS) is 17.0. The molecule has 5 heteroatoms. The number of hydrogen-bond donors (Lipinski definition) is 1. The van der Waals surface area contributed by atoms with Crippen molar-refractivity contribution in [1.29, 1.82) is 0 Å². The van der Waals surface area contributed by atoms with E-state index in [2.05, 4.69) is 5.10 Å². The monoisotopic (exact) mass is 222 g/mol. The summed E-state index contributed by atoms with van der Waals surface area (Å²) in [5.74, 6) is 5.82. The van der Waals surface area contributed by atoms with Gasteiger partial charge in [-0.05, 0) is 17.7 Å². The SMILES string of the molecule is NN=Cc1cccc(OCC2OCCO2)c1. The number of rotatable bonds is 4. The zero-order valence-corrected chi connectivity index (χ0v) is 8.83. The molecular formula is C11H14N2O3. The van der Waals surface area contributed by atoms with Crippen molar-refractivity contribution in [2.45, 2.75) is 6.29 Å². The van der Waals surface area contributed by atoms with Crippen molar-refractivity contribution in [2.75, 3.05) is 19.8 Å². The number of nitrogens with zero attached hydrogens (tertiary/aromatic N) is 1. The van der Waals surface area contributed by atoms with Gasteiger partial charge in [0.2, 0.25) is 0 Å². The smallest absolute Gasteiger partial charge is 0.191 e. The maximum Gasteiger partial charge on any atom is 0.191 e. The molecule has 1 aliphatic rings. The first-order chi connectivity index (χ1) is 7.88. The van der Waals surface area contributed by atoms with E-state index in [1.165, 1.54) is 0 Å². The summed E-state index contributed by atoms with van der Waals surface area (Å²) in [6, 6.07) is 7.49. The molecule has 0 amide bonds. The Balaban J connectivity index is 1.90. The lowest BCUT2D eigenvalue weighted by Crippen LogP contribution is -2.18. The van der Waals surface area contributed by atoms with Crippen LogP contribution in [0.15, 0.2) is 29.4 Å². The van der Waals surface area contributed by atoms with Gasteiger partial charge in [-0.25, -0.2) is 0 Å². The van der Waals surface area contributed by atoms with Gasteiger partial charge in [0.25, 0.3) is 0 Å². The highest BCUT2D eigenvalue weighted by atomic mass is 16.7. The third kappa shape index (κ3) is 2.95. The van der Waals surface area contributed by atoms with Gasteiger partial charge in [-0.15, -0.1) is 0 Å². The molecule has 1 fully saturated rings. The molecular weight excluding hydrogens is 208 g/mol. The number of ether oxygens (including phenoxy) is 3. The van der Waals surface area contributed by atoms with Crippen molar-refractivity contribution < 1.29 is 14.2 Å². The van der Waals surface area contributed by atoms with Gasteiger partial charge in [0, 0.05) is 0 Å². The van der Waals surface area contributed by atoms with Crippen LogP contribution in [0.1, 0.15) is 5.56 Å². The summed E-state index contributed by atoms with van der Waals surface area (Å²) in [5, 5.41) is 3.45. The molecule has 5 nitrogen and oxygen atoms in total. The topological polar surface area (TPSA) is 66.1 Å². The lowest BCUT2D eigenvalue weighted by Gasteiger charge is -2.11. The highest BCUT2D eigenvalue weighted by molar-refractivity contribution is 5.79. The Bertz CT molecular complexity index is 362. The largest absolute Gasteiger partial charge is 0.488 e. The predicted octanol–water partition coefficient (Wildman–Crippen LogP) is 0.731. The van der Waals surface area contributed by atoms with Gasteiger partial charge in [-0.3, -0.25) is 0 Å². The summed E-state index contributed by atoms with van der Waals surface area (Å²) in [6.45, 7) is 1.66. The Labute approximate surface area is 93.8 Å². The molecule has 0 saturated carbocycles. The van der Waals surface area contributed by atoms with Gasteiger partial charge in [-0.2, -0.15) is 5.10 Å². The standard InChI is InChI=1S/C11H14N2O3/c12-13-7-9-2-1-3-10(6-9)16-8-11-14-4-5-15-11/h1-3,6-7,11H,4-5,8,12H2. The summed E-state index contributed by atoms with van der Waals surface area (Å²) < 4.78 is 16.0. The second-order valence-electron chi connectivity index (χ2n) is 3.33. The number of hydrogen-bond acceptors (Lipinski definition) is 5. The average molecular weight is 222 g/mol. The van der Waals surface area contributed by atoms with Crippen molar-refractivity contribution >= 4 is 6.21 Å². The Morgan fingerprint density at radius 2 is 2.25 bits per heavy atom.